The van der Waals surface area contributed by atoms with E-state index in [1.165, 1.54) is 0 Å². The van der Waals surface area contributed by atoms with Crippen LogP contribution in [0.15, 0.2) is 73.1 Å². The number of hydrogen-bond donors (Lipinski definition) is 0. The van der Waals surface area contributed by atoms with Crippen LogP contribution in [-0.4, -0.2) is 20.7 Å². The highest BCUT2D eigenvalue weighted by Crippen LogP contribution is 2.27. The average Bonchev–Trinajstić information content (AvgIpc) is 2.68. The summed E-state index contributed by atoms with van der Waals surface area (Å²) >= 11 is 6.31. The molecule has 25 heavy (non-hydrogen) atoms. The molecule has 2 heterocycles. The van der Waals surface area contributed by atoms with Crippen LogP contribution in [0, 0.1) is 0 Å². The molecule has 0 aliphatic carbocycles. The summed E-state index contributed by atoms with van der Waals surface area (Å²) in [5, 5.41) is 1.15. The van der Waals surface area contributed by atoms with Gasteiger partial charge in [0, 0.05) is 34.5 Å². The lowest BCUT2D eigenvalue weighted by molar-refractivity contribution is 0.103. The van der Waals surface area contributed by atoms with Crippen LogP contribution in [0.3, 0.4) is 0 Å². The summed E-state index contributed by atoms with van der Waals surface area (Å²) in [6, 6.07) is 18.2. The van der Waals surface area contributed by atoms with E-state index in [0.29, 0.717) is 27.7 Å². The number of hydrogen-bond acceptors (Lipinski definition) is 4. The number of halogens is 1. The largest absolute Gasteiger partial charge is 0.289 e. The summed E-state index contributed by atoms with van der Waals surface area (Å²) < 4.78 is 0. The number of aromatic nitrogens is 3. The number of pyridine rings is 1. The SMILES string of the molecule is O=C(c1cccnc1)c1ccccc1-c1nc(Cl)c2ccccc2n1. The summed E-state index contributed by atoms with van der Waals surface area (Å²) in [6.07, 6.45) is 3.18. The molecule has 0 fully saturated rings. The molecule has 4 nitrogen and oxygen atoms in total. The van der Waals surface area contributed by atoms with Crippen LogP contribution in [0.4, 0.5) is 0 Å². The highest BCUT2D eigenvalue weighted by atomic mass is 35.5. The molecule has 4 rings (SSSR count). The minimum absolute atomic E-state index is 0.128. The molecule has 5 heteroatoms. The fraction of sp³-hybridized carbons (Fsp3) is 0. The van der Waals surface area contributed by atoms with Crippen molar-refractivity contribution in [2.45, 2.75) is 0 Å². The maximum Gasteiger partial charge on any atom is 0.195 e. The standard InChI is InChI=1S/C20H12ClN3O/c21-19-16-9-3-4-10-17(16)23-20(24-19)15-8-2-1-7-14(15)18(25)13-6-5-11-22-12-13/h1-12H. The van der Waals surface area contributed by atoms with Crippen molar-refractivity contribution in [2.24, 2.45) is 0 Å². The van der Waals surface area contributed by atoms with E-state index in [0.717, 1.165) is 10.9 Å². The Labute approximate surface area is 149 Å². The van der Waals surface area contributed by atoms with Crippen LogP contribution in [-0.2, 0) is 0 Å². The van der Waals surface area contributed by atoms with Crippen LogP contribution in [0.25, 0.3) is 22.3 Å². The molecule has 0 aliphatic rings. The zero-order chi connectivity index (χ0) is 17.2. The van der Waals surface area contributed by atoms with Crippen LogP contribution >= 0.6 is 11.6 Å². The maximum absolute atomic E-state index is 12.9. The van der Waals surface area contributed by atoms with Gasteiger partial charge in [0.05, 0.1) is 5.52 Å². The van der Waals surface area contributed by atoms with Gasteiger partial charge in [-0.15, -0.1) is 0 Å². The molecule has 0 radical (unpaired) electrons. The molecule has 0 unspecified atom stereocenters. The molecule has 2 aromatic carbocycles. The van der Waals surface area contributed by atoms with Gasteiger partial charge in [-0.05, 0) is 24.3 Å². The van der Waals surface area contributed by atoms with Crippen LogP contribution in [0.1, 0.15) is 15.9 Å². The Kier molecular flexibility index (Phi) is 3.96. The van der Waals surface area contributed by atoms with E-state index < -0.39 is 0 Å². The number of para-hydroxylation sites is 1. The molecule has 4 aromatic rings. The average molecular weight is 346 g/mol. The number of rotatable bonds is 3. The van der Waals surface area contributed by atoms with Gasteiger partial charge in [0.15, 0.2) is 11.6 Å². The Morgan fingerprint density at radius 3 is 2.52 bits per heavy atom. The van der Waals surface area contributed by atoms with E-state index in [2.05, 4.69) is 15.0 Å². The molecule has 0 spiro atoms. The Bertz CT molecular complexity index is 1080. The third-order valence-electron chi connectivity index (χ3n) is 3.89. The van der Waals surface area contributed by atoms with Crippen molar-refractivity contribution in [1.82, 2.24) is 15.0 Å². The molecule has 2 aromatic heterocycles. The summed E-state index contributed by atoms with van der Waals surface area (Å²) in [4.78, 5) is 25.9. The van der Waals surface area contributed by atoms with Gasteiger partial charge < -0.3 is 0 Å². The first kappa shape index (κ1) is 15.4. The molecular formula is C20H12ClN3O. The maximum atomic E-state index is 12.9. The van der Waals surface area contributed by atoms with Crippen LogP contribution < -0.4 is 0 Å². The van der Waals surface area contributed by atoms with Crippen LogP contribution in [0.2, 0.25) is 5.15 Å². The second-order valence-corrected chi connectivity index (χ2v) is 5.83. The Hall–Kier alpha value is -3.11. The van der Waals surface area contributed by atoms with E-state index in [4.69, 9.17) is 11.6 Å². The lowest BCUT2D eigenvalue weighted by atomic mass is 9.99. The predicted octanol–water partition coefficient (Wildman–Crippen LogP) is 4.58. The van der Waals surface area contributed by atoms with Gasteiger partial charge >= 0.3 is 0 Å². The topological polar surface area (TPSA) is 55.7 Å². The van der Waals surface area contributed by atoms with Gasteiger partial charge in [-0.3, -0.25) is 9.78 Å². The number of fused-ring (bicyclic) bond motifs is 1. The quantitative estimate of drug-likeness (QED) is 0.403. The monoisotopic (exact) mass is 345 g/mol. The Morgan fingerprint density at radius 2 is 1.68 bits per heavy atom. The summed E-state index contributed by atoms with van der Waals surface area (Å²) in [7, 11) is 0. The summed E-state index contributed by atoms with van der Waals surface area (Å²) in [5.41, 5.74) is 2.41. The first-order valence-corrected chi connectivity index (χ1v) is 8.08. The molecule has 0 amide bonds. The number of benzene rings is 2. The Morgan fingerprint density at radius 1 is 0.880 bits per heavy atom. The van der Waals surface area contributed by atoms with E-state index in [1.807, 2.05) is 42.5 Å². The third-order valence-corrected chi connectivity index (χ3v) is 4.18. The summed E-state index contributed by atoms with van der Waals surface area (Å²) in [5.74, 6) is 0.299. The number of carbonyl (C=O) groups is 1. The number of ketones is 1. The molecular weight excluding hydrogens is 334 g/mol. The fourth-order valence-electron chi connectivity index (χ4n) is 2.69. The van der Waals surface area contributed by atoms with Gasteiger partial charge in [-0.25, -0.2) is 9.97 Å². The Balaban J connectivity index is 1.89. The zero-order valence-electron chi connectivity index (χ0n) is 13.1. The van der Waals surface area contributed by atoms with Crippen LogP contribution in [0.5, 0.6) is 0 Å². The molecule has 0 saturated heterocycles. The van der Waals surface area contributed by atoms with Crippen molar-refractivity contribution < 1.29 is 4.79 Å². The van der Waals surface area contributed by atoms with E-state index >= 15 is 0 Å². The van der Waals surface area contributed by atoms with Gasteiger partial charge in [-0.2, -0.15) is 0 Å². The highest BCUT2D eigenvalue weighted by Gasteiger charge is 2.17. The normalized spacial score (nSPS) is 10.8. The summed E-state index contributed by atoms with van der Waals surface area (Å²) in [6.45, 7) is 0. The minimum atomic E-state index is -0.128. The van der Waals surface area contributed by atoms with E-state index in [1.54, 1.807) is 30.6 Å². The van der Waals surface area contributed by atoms with Crippen molar-refractivity contribution in [1.29, 1.82) is 0 Å². The van der Waals surface area contributed by atoms with E-state index in [9.17, 15) is 4.79 Å². The second-order valence-electron chi connectivity index (χ2n) is 5.47. The first-order chi connectivity index (χ1) is 12.2. The molecule has 0 bridgehead atoms. The van der Waals surface area contributed by atoms with Gasteiger partial charge in [-0.1, -0.05) is 48.0 Å². The lowest BCUT2D eigenvalue weighted by Crippen LogP contribution is -2.05. The number of carbonyl (C=O) groups excluding carboxylic acids is 1. The van der Waals surface area contributed by atoms with Crippen molar-refractivity contribution in [2.75, 3.05) is 0 Å². The lowest BCUT2D eigenvalue weighted by Gasteiger charge is -2.09. The van der Waals surface area contributed by atoms with Crippen molar-refractivity contribution in [3.63, 3.8) is 0 Å². The fourth-order valence-corrected chi connectivity index (χ4v) is 2.93. The third kappa shape index (κ3) is 2.88. The van der Waals surface area contributed by atoms with Crippen molar-refractivity contribution >= 4 is 28.3 Å². The predicted molar refractivity (Wildman–Crippen MR) is 97.7 cm³/mol. The smallest absolute Gasteiger partial charge is 0.195 e. The first-order valence-electron chi connectivity index (χ1n) is 7.70. The van der Waals surface area contributed by atoms with E-state index in [-0.39, 0.29) is 5.78 Å². The minimum Gasteiger partial charge on any atom is -0.289 e. The van der Waals surface area contributed by atoms with Crippen molar-refractivity contribution in [3.05, 3.63) is 89.3 Å². The zero-order valence-corrected chi connectivity index (χ0v) is 13.8. The van der Waals surface area contributed by atoms with Crippen molar-refractivity contribution in [3.8, 4) is 11.4 Å². The second kappa shape index (κ2) is 6.42. The highest BCUT2D eigenvalue weighted by molar-refractivity contribution is 6.34. The van der Waals surface area contributed by atoms with Gasteiger partial charge in [0.2, 0.25) is 0 Å². The molecule has 120 valence electrons. The van der Waals surface area contributed by atoms with Gasteiger partial charge in [0.1, 0.15) is 5.15 Å². The number of nitrogens with zero attached hydrogens (tertiary/aromatic N) is 3. The van der Waals surface area contributed by atoms with Gasteiger partial charge in [0.25, 0.3) is 0 Å². The molecule has 0 aliphatic heterocycles. The molecule has 0 atom stereocenters. The molecule has 0 saturated carbocycles. The molecule has 0 N–H and O–H groups in total.